The number of rotatable bonds is 6. The first kappa shape index (κ1) is 19.8. The molecule has 27 heavy (non-hydrogen) atoms. The van der Waals surface area contributed by atoms with Gasteiger partial charge in [-0.3, -0.25) is 9.67 Å². The Balaban J connectivity index is 1.61. The number of aryl methyl sites for hydroxylation is 1. The van der Waals surface area contributed by atoms with Crippen LogP contribution in [0, 0.1) is 0 Å². The van der Waals surface area contributed by atoms with E-state index in [4.69, 9.17) is 14.7 Å². The third-order valence-corrected chi connectivity index (χ3v) is 5.68. The molecule has 8 heteroatoms. The van der Waals surface area contributed by atoms with Crippen LogP contribution in [0.4, 0.5) is 0 Å². The number of ether oxygens (including phenoxy) is 1. The topological polar surface area (TPSA) is 67.6 Å². The Kier molecular flexibility index (Phi) is 6.84. The van der Waals surface area contributed by atoms with Crippen LogP contribution in [0.1, 0.15) is 49.1 Å². The van der Waals surface area contributed by atoms with Gasteiger partial charge in [0.05, 0.1) is 30.1 Å². The summed E-state index contributed by atoms with van der Waals surface area (Å²) in [6.07, 6.45) is 4.80. The molecule has 0 bridgehead atoms. The summed E-state index contributed by atoms with van der Waals surface area (Å²) in [5.41, 5.74) is 2.25. The van der Waals surface area contributed by atoms with E-state index >= 15 is 0 Å². The molecule has 148 valence electrons. The molecule has 3 rings (SSSR count). The standard InChI is InChI=1S/C19H30N6OS/c1-5-20-19(21-7-6-16-13-27-18(23-16)14(2)3)25-8-9-26-17(12-25)15-10-22-24(4)11-15/h10-11,13-14,17H,5-9,12H2,1-4H3,(H,20,21). The molecule has 2 aromatic rings. The van der Waals surface area contributed by atoms with E-state index in [-0.39, 0.29) is 6.10 Å². The molecule has 1 aliphatic heterocycles. The number of nitrogens with zero attached hydrogens (tertiary/aromatic N) is 5. The van der Waals surface area contributed by atoms with E-state index in [1.807, 2.05) is 24.1 Å². The normalized spacial score (nSPS) is 18.3. The van der Waals surface area contributed by atoms with Crippen LogP contribution in [0.3, 0.4) is 0 Å². The van der Waals surface area contributed by atoms with Gasteiger partial charge in [0.15, 0.2) is 5.96 Å². The first-order valence-electron chi connectivity index (χ1n) is 9.64. The Morgan fingerprint density at radius 3 is 3.00 bits per heavy atom. The maximum atomic E-state index is 5.95. The highest BCUT2D eigenvalue weighted by Gasteiger charge is 2.25. The van der Waals surface area contributed by atoms with Gasteiger partial charge >= 0.3 is 0 Å². The van der Waals surface area contributed by atoms with Gasteiger partial charge in [-0.1, -0.05) is 13.8 Å². The minimum atomic E-state index is 0.0310. The zero-order chi connectivity index (χ0) is 19.2. The maximum absolute atomic E-state index is 5.95. The van der Waals surface area contributed by atoms with Gasteiger partial charge in [-0.25, -0.2) is 4.98 Å². The first-order valence-corrected chi connectivity index (χ1v) is 10.5. The van der Waals surface area contributed by atoms with Gasteiger partial charge in [0.2, 0.25) is 0 Å². The number of hydrogen-bond acceptors (Lipinski definition) is 5. The van der Waals surface area contributed by atoms with Crippen LogP contribution in [0.15, 0.2) is 22.8 Å². The SMILES string of the molecule is CCNC(=NCCc1csc(C(C)C)n1)N1CCOC(c2cnn(C)c2)C1. The quantitative estimate of drug-likeness (QED) is 0.607. The van der Waals surface area contributed by atoms with Crippen molar-refractivity contribution >= 4 is 17.3 Å². The van der Waals surface area contributed by atoms with Crippen molar-refractivity contribution in [2.75, 3.05) is 32.8 Å². The van der Waals surface area contributed by atoms with E-state index < -0.39 is 0 Å². The van der Waals surface area contributed by atoms with Gasteiger partial charge in [-0.15, -0.1) is 11.3 Å². The smallest absolute Gasteiger partial charge is 0.194 e. The monoisotopic (exact) mass is 390 g/mol. The number of aromatic nitrogens is 3. The number of thiazole rings is 1. The van der Waals surface area contributed by atoms with Gasteiger partial charge in [0.25, 0.3) is 0 Å². The minimum Gasteiger partial charge on any atom is -0.370 e. The number of guanidine groups is 1. The Hall–Kier alpha value is -1.93. The van der Waals surface area contributed by atoms with Crippen molar-refractivity contribution in [1.29, 1.82) is 0 Å². The van der Waals surface area contributed by atoms with Crippen molar-refractivity contribution < 1.29 is 4.74 Å². The van der Waals surface area contributed by atoms with Crippen molar-refractivity contribution in [3.63, 3.8) is 0 Å². The van der Waals surface area contributed by atoms with Crippen molar-refractivity contribution in [2.45, 2.75) is 39.2 Å². The van der Waals surface area contributed by atoms with Crippen LogP contribution in [-0.2, 0) is 18.2 Å². The number of aliphatic imine (C=N–C) groups is 1. The predicted octanol–water partition coefficient (Wildman–Crippen LogP) is 2.58. The number of hydrogen-bond donors (Lipinski definition) is 1. The molecule has 1 fully saturated rings. The molecule has 1 N–H and O–H groups in total. The van der Waals surface area contributed by atoms with Crippen molar-refractivity contribution in [3.8, 4) is 0 Å². The highest BCUT2D eigenvalue weighted by Crippen LogP contribution is 2.22. The lowest BCUT2D eigenvalue weighted by Gasteiger charge is -2.34. The molecule has 0 amide bonds. The Morgan fingerprint density at radius 2 is 2.33 bits per heavy atom. The molecule has 1 saturated heterocycles. The first-order chi connectivity index (χ1) is 13.1. The Bertz CT molecular complexity index is 753. The molecule has 0 spiro atoms. The lowest BCUT2D eigenvalue weighted by Crippen LogP contribution is -2.48. The fraction of sp³-hybridized carbons (Fsp3) is 0.632. The van der Waals surface area contributed by atoms with Crippen LogP contribution < -0.4 is 5.32 Å². The molecule has 1 unspecified atom stereocenters. The second kappa shape index (κ2) is 9.32. The van der Waals surface area contributed by atoms with Gasteiger partial charge in [-0.05, 0) is 6.92 Å². The Morgan fingerprint density at radius 1 is 1.48 bits per heavy atom. The van der Waals surface area contributed by atoms with Crippen LogP contribution >= 0.6 is 11.3 Å². The molecule has 2 aromatic heterocycles. The summed E-state index contributed by atoms with van der Waals surface area (Å²) in [6.45, 7) is 10.4. The summed E-state index contributed by atoms with van der Waals surface area (Å²) >= 11 is 1.74. The third kappa shape index (κ3) is 5.29. The average Bonchev–Trinajstić information content (AvgIpc) is 3.30. The molecule has 7 nitrogen and oxygen atoms in total. The second-order valence-electron chi connectivity index (χ2n) is 7.07. The maximum Gasteiger partial charge on any atom is 0.194 e. The lowest BCUT2D eigenvalue weighted by atomic mass is 10.1. The van der Waals surface area contributed by atoms with Crippen molar-refractivity contribution in [3.05, 3.63) is 34.0 Å². The van der Waals surface area contributed by atoms with E-state index in [2.05, 4.69) is 41.5 Å². The molecule has 0 radical (unpaired) electrons. The molecule has 1 atom stereocenters. The van der Waals surface area contributed by atoms with Crippen LogP contribution in [-0.4, -0.2) is 58.4 Å². The molecular formula is C19H30N6OS. The number of nitrogens with one attached hydrogen (secondary N) is 1. The summed E-state index contributed by atoms with van der Waals surface area (Å²) in [7, 11) is 1.93. The van der Waals surface area contributed by atoms with Gasteiger partial charge in [0.1, 0.15) is 6.10 Å². The van der Waals surface area contributed by atoms with E-state index in [0.29, 0.717) is 12.5 Å². The minimum absolute atomic E-state index is 0.0310. The van der Waals surface area contributed by atoms with E-state index in [1.54, 1.807) is 11.3 Å². The highest BCUT2D eigenvalue weighted by molar-refractivity contribution is 7.09. The van der Waals surface area contributed by atoms with Gasteiger partial charge in [-0.2, -0.15) is 5.10 Å². The molecule has 0 saturated carbocycles. The van der Waals surface area contributed by atoms with E-state index in [0.717, 1.165) is 49.8 Å². The fourth-order valence-electron chi connectivity index (χ4n) is 3.05. The molecular weight excluding hydrogens is 360 g/mol. The third-order valence-electron chi connectivity index (χ3n) is 4.49. The molecule has 0 aliphatic carbocycles. The number of morpholine rings is 1. The largest absolute Gasteiger partial charge is 0.370 e. The van der Waals surface area contributed by atoms with E-state index in [9.17, 15) is 0 Å². The van der Waals surface area contributed by atoms with Crippen molar-refractivity contribution in [2.24, 2.45) is 12.0 Å². The zero-order valence-corrected chi connectivity index (χ0v) is 17.5. The summed E-state index contributed by atoms with van der Waals surface area (Å²) in [6, 6.07) is 0. The predicted molar refractivity (Wildman–Crippen MR) is 109 cm³/mol. The van der Waals surface area contributed by atoms with Crippen LogP contribution in [0.2, 0.25) is 0 Å². The van der Waals surface area contributed by atoms with Gasteiger partial charge < -0.3 is 15.0 Å². The lowest BCUT2D eigenvalue weighted by molar-refractivity contribution is -0.00803. The summed E-state index contributed by atoms with van der Waals surface area (Å²) in [5.74, 6) is 1.44. The highest BCUT2D eigenvalue weighted by atomic mass is 32.1. The molecule has 0 aromatic carbocycles. The fourth-order valence-corrected chi connectivity index (χ4v) is 3.92. The van der Waals surface area contributed by atoms with Gasteiger partial charge in [0, 0.05) is 56.2 Å². The zero-order valence-electron chi connectivity index (χ0n) is 16.7. The average molecular weight is 391 g/mol. The Labute approximate surface area is 165 Å². The molecule has 1 aliphatic rings. The second-order valence-corrected chi connectivity index (χ2v) is 7.96. The molecule has 3 heterocycles. The van der Waals surface area contributed by atoms with Crippen LogP contribution in [0.25, 0.3) is 0 Å². The van der Waals surface area contributed by atoms with Crippen molar-refractivity contribution in [1.82, 2.24) is 25.0 Å². The summed E-state index contributed by atoms with van der Waals surface area (Å²) in [5, 5.41) is 11.0. The summed E-state index contributed by atoms with van der Waals surface area (Å²) in [4.78, 5) is 11.8. The van der Waals surface area contributed by atoms with Crippen LogP contribution in [0.5, 0.6) is 0 Å². The van der Waals surface area contributed by atoms with E-state index in [1.165, 1.54) is 5.01 Å². The summed E-state index contributed by atoms with van der Waals surface area (Å²) < 4.78 is 7.76.